The molecule has 0 unspecified atom stereocenters. The molecule has 0 aromatic carbocycles. The van der Waals surface area contributed by atoms with Crippen molar-refractivity contribution in [3.8, 4) is 0 Å². The Kier molecular flexibility index (Phi) is 10.8. The fourth-order valence-electron chi connectivity index (χ4n) is 3.36. The van der Waals surface area contributed by atoms with Gasteiger partial charge in [0, 0.05) is 43.6 Å². The zero-order chi connectivity index (χ0) is 19.8. The molecule has 2 rings (SSSR count). The number of hydrogen-bond donors (Lipinski definition) is 2. The van der Waals surface area contributed by atoms with Crippen LogP contribution < -0.4 is 10.6 Å². The van der Waals surface area contributed by atoms with Gasteiger partial charge < -0.3 is 15.0 Å². The SMILES string of the molecule is CCNC(=NCc1cn2c(C)cccc2n1)NCCCN(C(C)C)C(C)C.I. The number of aryl methyl sites for hydroxylation is 1. The molecule has 6 nitrogen and oxygen atoms in total. The number of halogens is 1. The first-order chi connectivity index (χ1) is 12.9. The highest BCUT2D eigenvalue weighted by Gasteiger charge is 2.12. The van der Waals surface area contributed by atoms with Crippen LogP contribution in [0.4, 0.5) is 0 Å². The van der Waals surface area contributed by atoms with E-state index >= 15 is 0 Å². The second kappa shape index (κ2) is 12.3. The van der Waals surface area contributed by atoms with Crippen molar-refractivity contribution in [3.05, 3.63) is 35.8 Å². The van der Waals surface area contributed by atoms with E-state index in [9.17, 15) is 0 Å². The minimum Gasteiger partial charge on any atom is -0.357 e. The highest BCUT2D eigenvalue weighted by Crippen LogP contribution is 2.09. The number of nitrogens with one attached hydrogen (secondary N) is 2. The number of guanidine groups is 1. The molecular formula is C21H37IN6. The number of hydrogen-bond acceptors (Lipinski definition) is 3. The summed E-state index contributed by atoms with van der Waals surface area (Å²) in [6.07, 6.45) is 3.16. The van der Waals surface area contributed by atoms with E-state index < -0.39 is 0 Å². The van der Waals surface area contributed by atoms with Crippen LogP contribution in [-0.2, 0) is 6.54 Å². The zero-order valence-corrected chi connectivity index (χ0v) is 20.5. The molecule has 2 aromatic heterocycles. The Labute approximate surface area is 187 Å². The third-order valence-corrected chi connectivity index (χ3v) is 4.70. The molecule has 0 aliphatic heterocycles. The molecule has 0 atom stereocenters. The first kappa shape index (κ1) is 24.7. The van der Waals surface area contributed by atoms with Crippen LogP contribution in [-0.4, -0.2) is 52.0 Å². The molecule has 7 heteroatoms. The third-order valence-electron chi connectivity index (χ3n) is 4.70. The van der Waals surface area contributed by atoms with Crippen LogP contribution in [0.3, 0.4) is 0 Å². The normalized spacial score (nSPS) is 12.1. The van der Waals surface area contributed by atoms with Crippen molar-refractivity contribution in [3.63, 3.8) is 0 Å². The number of aromatic nitrogens is 2. The minimum absolute atomic E-state index is 0. The molecule has 2 aromatic rings. The van der Waals surface area contributed by atoms with Gasteiger partial charge in [-0.1, -0.05) is 6.07 Å². The maximum Gasteiger partial charge on any atom is 0.191 e. The van der Waals surface area contributed by atoms with Gasteiger partial charge in [0.25, 0.3) is 0 Å². The van der Waals surface area contributed by atoms with Gasteiger partial charge in [0.2, 0.25) is 0 Å². The van der Waals surface area contributed by atoms with Crippen LogP contribution in [0.1, 0.15) is 52.4 Å². The molecule has 2 heterocycles. The Hall–Kier alpha value is -1.35. The van der Waals surface area contributed by atoms with Gasteiger partial charge in [-0.3, -0.25) is 4.90 Å². The Morgan fingerprint density at radius 2 is 1.89 bits per heavy atom. The maximum atomic E-state index is 4.70. The van der Waals surface area contributed by atoms with Gasteiger partial charge >= 0.3 is 0 Å². The Balaban J connectivity index is 0.00000392. The quantitative estimate of drug-likeness (QED) is 0.238. The van der Waals surface area contributed by atoms with E-state index in [0.29, 0.717) is 18.6 Å². The van der Waals surface area contributed by atoms with Crippen molar-refractivity contribution < 1.29 is 0 Å². The number of nitrogens with zero attached hydrogens (tertiary/aromatic N) is 4. The average molecular weight is 500 g/mol. The number of rotatable bonds is 9. The van der Waals surface area contributed by atoms with Gasteiger partial charge in [-0.05, 0) is 60.1 Å². The summed E-state index contributed by atoms with van der Waals surface area (Å²) in [5, 5.41) is 6.77. The molecule has 0 bridgehead atoms. The fraction of sp³-hybridized carbons (Fsp3) is 0.619. The lowest BCUT2D eigenvalue weighted by Crippen LogP contribution is -2.41. The van der Waals surface area contributed by atoms with Crippen molar-refractivity contribution in [2.45, 2.75) is 66.6 Å². The molecule has 0 fully saturated rings. The Bertz CT molecular complexity index is 730. The van der Waals surface area contributed by atoms with Gasteiger partial charge in [-0.25, -0.2) is 9.98 Å². The van der Waals surface area contributed by atoms with E-state index in [1.807, 2.05) is 12.1 Å². The van der Waals surface area contributed by atoms with Crippen LogP contribution in [0.25, 0.3) is 5.65 Å². The predicted molar refractivity (Wildman–Crippen MR) is 130 cm³/mol. The summed E-state index contributed by atoms with van der Waals surface area (Å²) in [5.41, 5.74) is 3.13. The fourth-order valence-corrected chi connectivity index (χ4v) is 3.36. The summed E-state index contributed by atoms with van der Waals surface area (Å²) < 4.78 is 2.11. The van der Waals surface area contributed by atoms with E-state index in [1.54, 1.807) is 0 Å². The molecule has 0 amide bonds. The topological polar surface area (TPSA) is 57.0 Å². The van der Waals surface area contributed by atoms with Crippen LogP contribution in [0, 0.1) is 6.92 Å². The summed E-state index contributed by atoms with van der Waals surface area (Å²) in [4.78, 5) is 11.9. The highest BCUT2D eigenvalue weighted by atomic mass is 127. The first-order valence-electron chi connectivity index (χ1n) is 10.1. The molecule has 0 aliphatic carbocycles. The van der Waals surface area contributed by atoms with E-state index in [0.717, 1.165) is 43.4 Å². The second-order valence-electron chi connectivity index (χ2n) is 7.53. The van der Waals surface area contributed by atoms with Gasteiger partial charge in [0.05, 0.1) is 12.2 Å². The zero-order valence-electron chi connectivity index (χ0n) is 18.2. The summed E-state index contributed by atoms with van der Waals surface area (Å²) in [6, 6.07) is 7.30. The molecule has 0 spiro atoms. The summed E-state index contributed by atoms with van der Waals surface area (Å²) in [6.45, 7) is 16.6. The lowest BCUT2D eigenvalue weighted by atomic mass is 10.2. The molecule has 0 radical (unpaired) electrons. The van der Waals surface area contributed by atoms with Crippen LogP contribution >= 0.6 is 24.0 Å². The molecule has 2 N–H and O–H groups in total. The summed E-state index contributed by atoms with van der Waals surface area (Å²) >= 11 is 0. The lowest BCUT2D eigenvalue weighted by Gasteiger charge is -2.30. The van der Waals surface area contributed by atoms with Crippen LogP contribution in [0.5, 0.6) is 0 Å². The second-order valence-corrected chi connectivity index (χ2v) is 7.53. The van der Waals surface area contributed by atoms with E-state index in [-0.39, 0.29) is 24.0 Å². The average Bonchev–Trinajstić information content (AvgIpc) is 3.03. The molecule has 0 saturated carbocycles. The van der Waals surface area contributed by atoms with Gasteiger partial charge in [0.1, 0.15) is 5.65 Å². The summed E-state index contributed by atoms with van der Waals surface area (Å²) in [5.74, 6) is 0.854. The van der Waals surface area contributed by atoms with Gasteiger partial charge in [-0.2, -0.15) is 0 Å². The number of imidazole rings is 1. The molecule has 0 aliphatic rings. The molecule has 0 saturated heterocycles. The summed E-state index contributed by atoms with van der Waals surface area (Å²) in [7, 11) is 0. The molecule has 158 valence electrons. The first-order valence-corrected chi connectivity index (χ1v) is 10.1. The van der Waals surface area contributed by atoms with Crippen LogP contribution in [0.15, 0.2) is 29.4 Å². The monoisotopic (exact) mass is 500 g/mol. The molecule has 28 heavy (non-hydrogen) atoms. The third kappa shape index (κ3) is 7.24. The Morgan fingerprint density at radius 3 is 2.50 bits per heavy atom. The van der Waals surface area contributed by atoms with Crippen LogP contribution in [0.2, 0.25) is 0 Å². The van der Waals surface area contributed by atoms with E-state index in [4.69, 9.17) is 4.99 Å². The van der Waals surface area contributed by atoms with Crippen molar-refractivity contribution in [2.24, 2.45) is 4.99 Å². The van der Waals surface area contributed by atoms with Crippen molar-refractivity contribution in [1.29, 1.82) is 0 Å². The Morgan fingerprint density at radius 1 is 1.18 bits per heavy atom. The molecular weight excluding hydrogens is 463 g/mol. The van der Waals surface area contributed by atoms with E-state index in [2.05, 4.69) is 78.7 Å². The standard InChI is InChI=1S/C21H36N6.HI/c1-7-22-21(23-12-9-13-26(16(2)3)17(4)5)24-14-19-15-27-18(6)10-8-11-20(27)25-19;/h8,10-11,15-17H,7,9,12-14H2,1-6H3,(H2,22,23,24);1H. The predicted octanol–water partition coefficient (Wildman–Crippen LogP) is 3.82. The maximum absolute atomic E-state index is 4.70. The smallest absolute Gasteiger partial charge is 0.191 e. The van der Waals surface area contributed by atoms with Crippen molar-refractivity contribution in [1.82, 2.24) is 24.9 Å². The van der Waals surface area contributed by atoms with Crippen molar-refractivity contribution in [2.75, 3.05) is 19.6 Å². The van der Waals surface area contributed by atoms with Gasteiger partial charge in [0.15, 0.2) is 5.96 Å². The van der Waals surface area contributed by atoms with E-state index in [1.165, 1.54) is 5.69 Å². The number of pyridine rings is 1. The number of fused-ring (bicyclic) bond motifs is 1. The highest BCUT2D eigenvalue weighted by molar-refractivity contribution is 14.0. The van der Waals surface area contributed by atoms with Gasteiger partial charge in [-0.15, -0.1) is 24.0 Å². The minimum atomic E-state index is 0. The van der Waals surface area contributed by atoms with Crippen molar-refractivity contribution >= 4 is 35.6 Å². The number of aliphatic imine (C=N–C) groups is 1. The lowest BCUT2D eigenvalue weighted by molar-refractivity contribution is 0.173. The largest absolute Gasteiger partial charge is 0.357 e.